The summed E-state index contributed by atoms with van der Waals surface area (Å²) in [6.07, 6.45) is 73.1. The molecule has 0 aliphatic heterocycles. The van der Waals surface area contributed by atoms with Crippen LogP contribution in [0.5, 0.6) is 0 Å². The largest absolute Gasteiger partial charge is 0.461 e. The Balaban J connectivity index is 4.38. The molecule has 0 aromatic rings. The summed E-state index contributed by atoms with van der Waals surface area (Å²) in [5.41, 5.74) is -1.20. The van der Waals surface area contributed by atoms with E-state index in [1.54, 1.807) is 6.92 Å². The quantitative estimate of drug-likeness (QED) is 0.0343. The summed E-state index contributed by atoms with van der Waals surface area (Å²) in [4.78, 5) is 38.9. The molecule has 0 N–H and O–H groups in total. The van der Waals surface area contributed by atoms with E-state index in [2.05, 4.69) is 20.8 Å². The maximum Gasteiger partial charge on any atom is 0.306 e. The van der Waals surface area contributed by atoms with Crippen molar-refractivity contribution in [2.24, 2.45) is 0 Å². The van der Waals surface area contributed by atoms with Crippen LogP contribution >= 0.6 is 0 Å². The zero-order chi connectivity index (χ0) is 53.8. The van der Waals surface area contributed by atoms with Crippen molar-refractivity contribution in [3.05, 3.63) is 0 Å². The molecular formula is C68H132O6. The molecule has 0 saturated heterocycles. The van der Waals surface area contributed by atoms with E-state index >= 15 is 0 Å². The maximum atomic E-state index is 13.1. The first-order valence-electron chi connectivity index (χ1n) is 33.9. The van der Waals surface area contributed by atoms with Gasteiger partial charge in [-0.05, 0) is 26.2 Å². The van der Waals surface area contributed by atoms with Gasteiger partial charge >= 0.3 is 17.9 Å². The SMILES string of the molecule is CCCCCCCCCCCCCCCCCCCCCC(=O)OC[C@@](C)(COC(=O)CCCCCCCCCCCCCCCCCCC)OC(=O)CCCCCCCCCCCCCCCCCCCCC. The third-order valence-corrected chi connectivity index (χ3v) is 15.9. The number of unbranched alkanes of at least 4 members (excludes halogenated alkanes) is 52. The molecule has 6 heteroatoms. The average Bonchev–Trinajstić information content (AvgIpc) is 3.39. The Bertz CT molecular complexity index is 1140. The van der Waals surface area contributed by atoms with Crippen molar-refractivity contribution in [2.45, 2.75) is 406 Å². The zero-order valence-corrected chi connectivity index (χ0v) is 50.9. The molecule has 0 spiro atoms. The van der Waals surface area contributed by atoms with E-state index in [1.807, 2.05) is 0 Å². The molecule has 0 saturated carbocycles. The molecule has 0 fully saturated rings. The standard InChI is InChI=1S/C68H132O6/c1-5-8-11-14-17-20-23-26-29-32-34-37-40-43-46-49-52-55-58-61-66(70)73-64-68(4,63-72-65(69)60-57-54-51-48-45-42-39-36-31-28-25-22-19-16-13-10-7-3)74-67(71)62-59-56-53-50-47-44-41-38-35-33-30-27-24-21-18-15-12-9-6-2/h5-64H2,1-4H3/t68-/m1/s1. The molecule has 0 aliphatic rings. The van der Waals surface area contributed by atoms with Gasteiger partial charge in [0.05, 0.1) is 0 Å². The fourth-order valence-corrected chi connectivity index (χ4v) is 10.7. The van der Waals surface area contributed by atoms with Crippen LogP contribution in [0.1, 0.15) is 400 Å². The second-order valence-electron chi connectivity index (χ2n) is 23.9. The molecule has 0 aromatic carbocycles. The van der Waals surface area contributed by atoms with Gasteiger partial charge in [0.1, 0.15) is 13.2 Å². The van der Waals surface area contributed by atoms with E-state index in [4.69, 9.17) is 14.2 Å². The number of carbonyl (C=O) groups excluding carboxylic acids is 3. The van der Waals surface area contributed by atoms with Crippen molar-refractivity contribution < 1.29 is 28.6 Å². The Labute approximate surface area is 463 Å². The van der Waals surface area contributed by atoms with Crippen LogP contribution in [0, 0.1) is 0 Å². The summed E-state index contributed by atoms with van der Waals surface area (Å²) in [5.74, 6) is -0.848. The van der Waals surface area contributed by atoms with Gasteiger partial charge in [0.25, 0.3) is 0 Å². The van der Waals surface area contributed by atoms with Gasteiger partial charge in [-0.1, -0.05) is 355 Å². The topological polar surface area (TPSA) is 78.9 Å². The third kappa shape index (κ3) is 58.1. The zero-order valence-electron chi connectivity index (χ0n) is 50.9. The van der Waals surface area contributed by atoms with E-state index in [9.17, 15) is 14.4 Å². The Kier molecular flexibility index (Phi) is 59.3. The van der Waals surface area contributed by atoms with Gasteiger partial charge in [-0.25, -0.2) is 0 Å². The van der Waals surface area contributed by atoms with Crippen LogP contribution in [0.3, 0.4) is 0 Å². The van der Waals surface area contributed by atoms with Gasteiger partial charge < -0.3 is 14.2 Å². The van der Waals surface area contributed by atoms with Gasteiger partial charge in [0, 0.05) is 19.3 Å². The van der Waals surface area contributed by atoms with E-state index in [1.165, 1.54) is 295 Å². The number of esters is 3. The molecule has 0 aliphatic carbocycles. The van der Waals surface area contributed by atoms with E-state index in [-0.39, 0.29) is 31.1 Å². The van der Waals surface area contributed by atoms with Gasteiger partial charge in [0.15, 0.2) is 5.60 Å². The number of ether oxygens (including phenoxy) is 3. The lowest BCUT2D eigenvalue weighted by atomic mass is 10.0. The Morgan fingerprint density at radius 3 is 0.554 bits per heavy atom. The molecular weight excluding hydrogens is 913 g/mol. The highest BCUT2D eigenvalue weighted by atomic mass is 16.6. The predicted octanol–water partition coefficient (Wildman–Crippen LogP) is 23.1. The van der Waals surface area contributed by atoms with E-state index in [0.29, 0.717) is 19.3 Å². The van der Waals surface area contributed by atoms with Crippen molar-refractivity contribution in [2.75, 3.05) is 13.2 Å². The smallest absolute Gasteiger partial charge is 0.306 e. The third-order valence-electron chi connectivity index (χ3n) is 15.9. The molecule has 0 heterocycles. The highest BCUT2D eigenvalue weighted by molar-refractivity contribution is 5.71. The van der Waals surface area contributed by atoms with Crippen molar-refractivity contribution in [1.29, 1.82) is 0 Å². The maximum absolute atomic E-state index is 13.1. The highest BCUT2D eigenvalue weighted by Gasteiger charge is 2.33. The highest BCUT2D eigenvalue weighted by Crippen LogP contribution is 2.21. The molecule has 0 rings (SSSR count). The molecule has 0 unspecified atom stereocenters. The first kappa shape index (κ1) is 72.4. The molecule has 74 heavy (non-hydrogen) atoms. The van der Waals surface area contributed by atoms with Crippen molar-refractivity contribution in [3.63, 3.8) is 0 Å². The summed E-state index contributed by atoms with van der Waals surface area (Å²) < 4.78 is 17.4. The molecule has 440 valence electrons. The lowest BCUT2D eigenvalue weighted by Gasteiger charge is -2.28. The Hall–Kier alpha value is -1.59. The summed E-state index contributed by atoms with van der Waals surface area (Å²) >= 11 is 0. The lowest BCUT2D eigenvalue weighted by molar-refractivity contribution is -0.182. The summed E-state index contributed by atoms with van der Waals surface area (Å²) in [6, 6.07) is 0. The van der Waals surface area contributed by atoms with Crippen molar-refractivity contribution in [1.82, 2.24) is 0 Å². The Morgan fingerprint density at radius 2 is 0.378 bits per heavy atom. The molecule has 0 bridgehead atoms. The second kappa shape index (κ2) is 60.6. The van der Waals surface area contributed by atoms with Crippen LogP contribution in [0.2, 0.25) is 0 Å². The van der Waals surface area contributed by atoms with Gasteiger partial charge in [0.2, 0.25) is 0 Å². The van der Waals surface area contributed by atoms with E-state index < -0.39 is 5.60 Å². The second-order valence-corrected chi connectivity index (χ2v) is 23.9. The fourth-order valence-electron chi connectivity index (χ4n) is 10.7. The number of hydrogen-bond acceptors (Lipinski definition) is 6. The van der Waals surface area contributed by atoms with Crippen LogP contribution in [0.25, 0.3) is 0 Å². The fraction of sp³-hybridized carbons (Fsp3) is 0.956. The minimum absolute atomic E-state index is 0.0949. The molecule has 6 nitrogen and oxygen atoms in total. The van der Waals surface area contributed by atoms with Crippen molar-refractivity contribution >= 4 is 17.9 Å². The average molecular weight is 1050 g/mol. The van der Waals surface area contributed by atoms with Crippen LogP contribution in [0.4, 0.5) is 0 Å². The van der Waals surface area contributed by atoms with Crippen molar-refractivity contribution in [3.8, 4) is 0 Å². The minimum Gasteiger partial charge on any atom is -0.461 e. The summed E-state index contributed by atoms with van der Waals surface area (Å²) in [7, 11) is 0. The first-order chi connectivity index (χ1) is 36.4. The van der Waals surface area contributed by atoms with Gasteiger partial charge in [-0.3, -0.25) is 14.4 Å². The summed E-state index contributed by atoms with van der Waals surface area (Å²) in [6.45, 7) is 8.42. The number of rotatable bonds is 63. The normalized spacial score (nSPS) is 12.3. The molecule has 1 atom stereocenters. The predicted molar refractivity (Wildman–Crippen MR) is 321 cm³/mol. The van der Waals surface area contributed by atoms with Gasteiger partial charge in [-0.15, -0.1) is 0 Å². The molecule has 0 amide bonds. The minimum atomic E-state index is -1.20. The van der Waals surface area contributed by atoms with Crippen LogP contribution in [0.15, 0.2) is 0 Å². The molecule has 0 aromatic heterocycles. The number of carbonyl (C=O) groups is 3. The van der Waals surface area contributed by atoms with Crippen LogP contribution in [-0.2, 0) is 28.6 Å². The van der Waals surface area contributed by atoms with Crippen LogP contribution in [-0.4, -0.2) is 36.7 Å². The number of hydrogen-bond donors (Lipinski definition) is 0. The lowest BCUT2D eigenvalue weighted by Crippen LogP contribution is -2.42. The summed E-state index contributed by atoms with van der Waals surface area (Å²) in [5, 5.41) is 0. The Morgan fingerprint density at radius 1 is 0.230 bits per heavy atom. The van der Waals surface area contributed by atoms with Gasteiger partial charge in [-0.2, -0.15) is 0 Å². The first-order valence-corrected chi connectivity index (χ1v) is 33.9. The molecule has 0 radical (unpaired) electrons. The van der Waals surface area contributed by atoms with E-state index in [0.717, 1.165) is 57.8 Å². The van der Waals surface area contributed by atoms with Crippen LogP contribution < -0.4 is 0 Å². The monoisotopic (exact) mass is 1050 g/mol.